The van der Waals surface area contributed by atoms with Crippen LogP contribution in [0.15, 0.2) is 0 Å². The minimum absolute atomic E-state index is 0.0271. The van der Waals surface area contributed by atoms with E-state index in [4.69, 9.17) is 0 Å². The Bertz CT molecular complexity index is 264. The van der Waals surface area contributed by atoms with Crippen molar-refractivity contribution in [3.8, 4) is 0 Å². The zero-order valence-electron chi connectivity index (χ0n) is 10.7. The zero-order chi connectivity index (χ0) is 12.7. The Morgan fingerprint density at radius 3 is 2.65 bits per heavy atom. The number of hydrogen-bond donors (Lipinski definition) is 3. The van der Waals surface area contributed by atoms with E-state index in [-0.39, 0.29) is 24.4 Å². The van der Waals surface area contributed by atoms with Crippen molar-refractivity contribution >= 4 is 11.8 Å². The summed E-state index contributed by atoms with van der Waals surface area (Å²) in [6.45, 7) is 4.76. The highest BCUT2D eigenvalue weighted by Gasteiger charge is 2.23. The van der Waals surface area contributed by atoms with E-state index in [9.17, 15) is 9.59 Å². The molecule has 3 N–H and O–H groups in total. The van der Waals surface area contributed by atoms with Crippen molar-refractivity contribution in [2.75, 3.05) is 13.1 Å². The van der Waals surface area contributed by atoms with Crippen LogP contribution in [0.25, 0.3) is 0 Å². The molecule has 17 heavy (non-hydrogen) atoms. The fraction of sp³-hybridized carbons (Fsp3) is 0.833. The Kier molecular flexibility index (Phi) is 5.97. The highest BCUT2D eigenvalue weighted by Crippen LogP contribution is 2.18. The molecule has 0 spiro atoms. The third-order valence-corrected chi connectivity index (χ3v) is 2.73. The number of hydrogen-bond acceptors (Lipinski definition) is 3. The van der Waals surface area contributed by atoms with Crippen molar-refractivity contribution in [3.05, 3.63) is 0 Å². The maximum Gasteiger partial charge on any atom is 0.236 e. The van der Waals surface area contributed by atoms with Gasteiger partial charge in [0.2, 0.25) is 11.8 Å². The van der Waals surface area contributed by atoms with Gasteiger partial charge in [0.05, 0.1) is 12.6 Å². The molecule has 2 amide bonds. The molecule has 1 fully saturated rings. The molecule has 1 rings (SSSR count). The van der Waals surface area contributed by atoms with Crippen LogP contribution in [0.3, 0.4) is 0 Å². The fourth-order valence-corrected chi connectivity index (χ4v) is 1.39. The van der Waals surface area contributed by atoms with Crippen LogP contribution in [0.2, 0.25) is 0 Å². The normalized spacial score (nSPS) is 16.4. The highest BCUT2D eigenvalue weighted by atomic mass is 16.2. The average molecular weight is 241 g/mol. The number of amides is 2. The lowest BCUT2D eigenvalue weighted by Crippen LogP contribution is -2.46. The first-order valence-electron chi connectivity index (χ1n) is 6.44. The van der Waals surface area contributed by atoms with Gasteiger partial charge in [-0.3, -0.25) is 14.9 Å². The van der Waals surface area contributed by atoms with E-state index in [0.717, 1.165) is 25.7 Å². The van der Waals surface area contributed by atoms with E-state index in [2.05, 4.69) is 22.9 Å². The molecule has 5 nitrogen and oxygen atoms in total. The molecular formula is C12H23N3O2. The summed E-state index contributed by atoms with van der Waals surface area (Å²) >= 11 is 0. The second kappa shape index (κ2) is 7.27. The summed E-state index contributed by atoms with van der Waals surface area (Å²) in [6, 6.07) is 0.0507. The van der Waals surface area contributed by atoms with Gasteiger partial charge in [-0.25, -0.2) is 0 Å². The van der Waals surface area contributed by atoms with Gasteiger partial charge in [0, 0.05) is 12.6 Å². The predicted molar refractivity (Wildman–Crippen MR) is 66.5 cm³/mol. The molecule has 0 radical (unpaired) electrons. The van der Waals surface area contributed by atoms with Crippen LogP contribution in [0.1, 0.15) is 39.5 Å². The van der Waals surface area contributed by atoms with Crippen LogP contribution in [0.4, 0.5) is 0 Å². The number of nitrogens with one attached hydrogen (secondary N) is 3. The fourth-order valence-electron chi connectivity index (χ4n) is 1.39. The molecule has 1 aliphatic carbocycles. The van der Waals surface area contributed by atoms with E-state index >= 15 is 0 Å². The molecule has 0 aromatic rings. The SMILES string of the molecule is CCCCNC(=O)C(C)NCC(=O)NC1CC1. The van der Waals surface area contributed by atoms with Crippen LogP contribution in [0.5, 0.6) is 0 Å². The molecule has 5 heteroatoms. The summed E-state index contributed by atoms with van der Waals surface area (Å²) in [5, 5.41) is 8.61. The number of rotatable bonds is 8. The van der Waals surface area contributed by atoms with Crippen LogP contribution >= 0.6 is 0 Å². The number of unbranched alkanes of at least 4 members (excludes halogenated alkanes) is 1. The Hall–Kier alpha value is -1.10. The first-order chi connectivity index (χ1) is 8.13. The van der Waals surface area contributed by atoms with Crippen molar-refractivity contribution in [1.29, 1.82) is 0 Å². The molecule has 0 aromatic heterocycles. The van der Waals surface area contributed by atoms with Crippen molar-refractivity contribution in [2.24, 2.45) is 0 Å². The topological polar surface area (TPSA) is 70.2 Å². The second-order valence-corrected chi connectivity index (χ2v) is 4.59. The quantitative estimate of drug-likeness (QED) is 0.530. The van der Waals surface area contributed by atoms with Crippen molar-refractivity contribution in [3.63, 3.8) is 0 Å². The summed E-state index contributed by atoms with van der Waals surface area (Å²) in [5.41, 5.74) is 0. The smallest absolute Gasteiger partial charge is 0.236 e. The Morgan fingerprint density at radius 2 is 2.06 bits per heavy atom. The summed E-state index contributed by atoms with van der Waals surface area (Å²) < 4.78 is 0. The molecule has 0 saturated heterocycles. The number of carbonyl (C=O) groups excluding carboxylic acids is 2. The lowest BCUT2D eigenvalue weighted by molar-refractivity contribution is -0.123. The standard InChI is InChI=1S/C12H23N3O2/c1-3-4-7-13-12(17)9(2)14-8-11(16)15-10-5-6-10/h9-10,14H,3-8H2,1-2H3,(H,13,17)(H,15,16). The van der Waals surface area contributed by atoms with Crippen molar-refractivity contribution < 1.29 is 9.59 Å². The minimum atomic E-state index is -0.322. The van der Waals surface area contributed by atoms with Crippen LogP contribution in [0, 0.1) is 0 Å². The zero-order valence-corrected chi connectivity index (χ0v) is 10.7. The monoisotopic (exact) mass is 241 g/mol. The lowest BCUT2D eigenvalue weighted by Gasteiger charge is -2.13. The Morgan fingerprint density at radius 1 is 1.35 bits per heavy atom. The molecule has 0 heterocycles. The third kappa shape index (κ3) is 6.26. The van der Waals surface area contributed by atoms with E-state index in [1.165, 1.54) is 0 Å². The van der Waals surface area contributed by atoms with Crippen molar-refractivity contribution in [2.45, 2.75) is 51.6 Å². The van der Waals surface area contributed by atoms with Crippen LogP contribution in [-0.2, 0) is 9.59 Å². The summed E-state index contributed by atoms with van der Waals surface area (Å²) in [7, 11) is 0. The Balaban J connectivity index is 2.07. The maximum absolute atomic E-state index is 11.6. The molecule has 98 valence electrons. The summed E-state index contributed by atoms with van der Waals surface area (Å²) in [4.78, 5) is 22.9. The highest BCUT2D eigenvalue weighted by molar-refractivity contribution is 5.83. The average Bonchev–Trinajstić information content (AvgIpc) is 3.10. The minimum Gasteiger partial charge on any atom is -0.355 e. The molecule has 1 atom stereocenters. The second-order valence-electron chi connectivity index (χ2n) is 4.59. The Labute approximate surface area is 103 Å². The molecule has 1 saturated carbocycles. The van der Waals surface area contributed by atoms with E-state index in [1.54, 1.807) is 6.92 Å². The lowest BCUT2D eigenvalue weighted by atomic mass is 10.3. The van der Waals surface area contributed by atoms with Gasteiger partial charge in [-0.2, -0.15) is 0 Å². The first-order valence-corrected chi connectivity index (χ1v) is 6.44. The van der Waals surface area contributed by atoms with E-state index < -0.39 is 0 Å². The van der Waals surface area contributed by atoms with Gasteiger partial charge in [0.25, 0.3) is 0 Å². The molecule has 0 bridgehead atoms. The maximum atomic E-state index is 11.6. The van der Waals surface area contributed by atoms with E-state index in [1.807, 2.05) is 0 Å². The third-order valence-electron chi connectivity index (χ3n) is 2.73. The largest absolute Gasteiger partial charge is 0.355 e. The van der Waals surface area contributed by atoms with Crippen LogP contribution < -0.4 is 16.0 Å². The van der Waals surface area contributed by atoms with Gasteiger partial charge in [0.15, 0.2) is 0 Å². The van der Waals surface area contributed by atoms with Crippen LogP contribution in [-0.4, -0.2) is 37.0 Å². The van der Waals surface area contributed by atoms with Gasteiger partial charge in [-0.1, -0.05) is 13.3 Å². The molecule has 0 aromatic carbocycles. The van der Waals surface area contributed by atoms with Crippen molar-refractivity contribution in [1.82, 2.24) is 16.0 Å². The first kappa shape index (κ1) is 14.0. The molecule has 1 unspecified atom stereocenters. The van der Waals surface area contributed by atoms with E-state index in [0.29, 0.717) is 12.6 Å². The molecular weight excluding hydrogens is 218 g/mol. The summed E-state index contributed by atoms with van der Waals surface area (Å²) in [6.07, 6.45) is 4.21. The summed E-state index contributed by atoms with van der Waals surface area (Å²) in [5.74, 6) is -0.0709. The molecule has 0 aliphatic heterocycles. The van der Waals surface area contributed by atoms with Gasteiger partial charge in [-0.05, 0) is 26.2 Å². The van der Waals surface area contributed by atoms with Gasteiger partial charge < -0.3 is 10.6 Å². The van der Waals surface area contributed by atoms with Gasteiger partial charge in [-0.15, -0.1) is 0 Å². The predicted octanol–water partition coefficient (Wildman–Crippen LogP) is 0.159. The van der Waals surface area contributed by atoms with Gasteiger partial charge >= 0.3 is 0 Å². The molecule has 1 aliphatic rings. The van der Waals surface area contributed by atoms with Gasteiger partial charge in [0.1, 0.15) is 0 Å². The number of carbonyl (C=O) groups is 2.